The molecule has 0 bridgehead atoms. The van der Waals surface area contributed by atoms with Gasteiger partial charge >= 0.3 is 0 Å². The number of pyridine rings is 1. The number of benzene rings is 1. The Labute approximate surface area is 117 Å². The molecule has 5 heteroatoms. The molecule has 0 fully saturated rings. The summed E-state index contributed by atoms with van der Waals surface area (Å²) < 4.78 is 1.83. The molecule has 100 valence electrons. The van der Waals surface area contributed by atoms with Crippen LogP contribution < -0.4 is 10.6 Å². The van der Waals surface area contributed by atoms with Gasteiger partial charge in [0.05, 0.1) is 17.6 Å². The Balaban J connectivity index is 1.82. The van der Waals surface area contributed by atoms with Crippen LogP contribution in [0.15, 0.2) is 61.1 Å². The average molecular weight is 265 g/mol. The van der Waals surface area contributed by atoms with Crippen molar-refractivity contribution in [2.24, 2.45) is 0 Å². The molecule has 3 rings (SSSR count). The van der Waals surface area contributed by atoms with Gasteiger partial charge in [-0.05, 0) is 36.4 Å². The maximum absolute atomic E-state index is 4.27. The average Bonchev–Trinajstić information content (AvgIpc) is 3.03. The minimum absolute atomic E-state index is 0.848. The van der Waals surface area contributed by atoms with Crippen LogP contribution >= 0.6 is 0 Å². The zero-order chi connectivity index (χ0) is 13.8. The van der Waals surface area contributed by atoms with Crippen LogP contribution in [0, 0.1) is 0 Å². The van der Waals surface area contributed by atoms with Crippen LogP contribution in [0.3, 0.4) is 0 Å². The summed E-state index contributed by atoms with van der Waals surface area (Å²) >= 11 is 0. The molecule has 1 aromatic carbocycles. The van der Waals surface area contributed by atoms with Crippen molar-refractivity contribution in [1.82, 2.24) is 14.8 Å². The van der Waals surface area contributed by atoms with Crippen molar-refractivity contribution in [3.63, 3.8) is 0 Å². The molecule has 20 heavy (non-hydrogen) atoms. The van der Waals surface area contributed by atoms with Gasteiger partial charge in [-0.15, -0.1) is 0 Å². The molecule has 0 atom stereocenters. The van der Waals surface area contributed by atoms with Gasteiger partial charge in [-0.2, -0.15) is 5.10 Å². The predicted molar refractivity (Wildman–Crippen MR) is 80.6 cm³/mol. The van der Waals surface area contributed by atoms with Crippen molar-refractivity contribution in [3.05, 3.63) is 61.1 Å². The number of nitrogens with one attached hydrogen (secondary N) is 2. The van der Waals surface area contributed by atoms with E-state index in [2.05, 4.69) is 20.7 Å². The van der Waals surface area contributed by atoms with Gasteiger partial charge in [0.15, 0.2) is 0 Å². The third kappa shape index (κ3) is 2.61. The number of hydrogen-bond acceptors (Lipinski definition) is 4. The highest BCUT2D eigenvalue weighted by Crippen LogP contribution is 2.19. The first-order valence-corrected chi connectivity index (χ1v) is 6.36. The Kier molecular flexibility index (Phi) is 3.33. The maximum atomic E-state index is 4.27. The predicted octanol–water partition coefficient (Wildman–Crippen LogP) is 3.05. The number of hydrogen-bond donors (Lipinski definition) is 2. The second kappa shape index (κ2) is 5.44. The van der Waals surface area contributed by atoms with Gasteiger partial charge < -0.3 is 10.6 Å². The highest BCUT2D eigenvalue weighted by molar-refractivity contribution is 5.62. The number of nitrogens with zero attached hydrogens (tertiary/aromatic N) is 3. The van der Waals surface area contributed by atoms with Gasteiger partial charge in [-0.1, -0.05) is 6.07 Å². The molecule has 0 amide bonds. The Hall–Kier alpha value is -2.82. The Morgan fingerprint density at radius 3 is 2.70 bits per heavy atom. The summed E-state index contributed by atoms with van der Waals surface area (Å²) in [6, 6.07) is 13.9. The molecule has 0 radical (unpaired) electrons. The van der Waals surface area contributed by atoms with Crippen LogP contribution in [0.25, 0.3) is 5.69 Å². The number of rotatable bonds is 4. The highest BCUT2D eigenvalue weighted by Gasteiger charge is 2.00. The normalized spacial score (nSPS) is 10.2. The van der Waals surface area contributed by atoms with Gasteiger partial charge in [0.2, 0.25) is 0 Å². The molecule has 0 aliphatic heterocycles. The molecule has 5 nitrogen and oxygen atoms in total. The third-order valence-electron chi connectivity index (χ3n) is 2.92. The van der Waals surface area contributed by atoms with E-state index in [9.17, 15) is 0 Å². The summed E-state index contributed by atoms with van der Waals surface area (Å²) in [5, 5.41) is 10.5. The van der Waals surface area contributed by atoms with Crippen LogP contribution in [0.2, 0.25) is 0 Å². The Morgan fingerprint density at radius 1 is 1.05 bits per heavy atom. The molecule has 0 spiro atoms. The monoisotopic (exact) mass is 265 g/mol. The van der Waals surface area contributed by atoms with E-state index in [4.69, 9.17) is 0 Å². The van der Waals surface area contributed by atoms with E-state index < -0.39 is 0 Å². The van der Waals surface area contributed by atoms with Gasteiger partial charge in [0, 0.05) is 25.1 Å². The molecule has 0 unspecified atom stereocenters. The molecule has 3 aromatic rings. The lowest BCUT2D eigenvalue weighted by molar-refractivity contribution is 0.881. The van der Waals surface area contributed by atoms with Crippen LogP contribution in [-0.4, -0.2) is 21.8 Å². The molecular weight excluding hydrogens is 250 g/mol. The molecule has 0 aliphatic rings. The van der Waals surface area contributed by atoms with Crippen molar-refractivity contribution in [3.8, 4) is 5.69 Å². The molecular formula is C15H15N5. The quantitative estimate of drug-likeness (QED) is 0.761. The fourth-order valence-corrected chi connectivity index (χ4v) is 1.93. The zero-order valence-corrected chi connectivity index (χ0v) is 11.1. The van der Waals surface area contributed by atoms with Crippen LogP contribution in [0.1, 0.15) is 0 Å². The van der Waals surface area contributed by atoms with Crippen molar-refractivity contribution in [1.29, 1.82) is 0 Å². The smallest absolute Gasteiger partial charge is 0.125 e. The fourth-order valence-electron chi connectivity index (χ4n) is 1.93. The lowest BCUT2D eigenvalue weighted by Crippen LogP contribution is -1.97. The fraction of sp³-hybridized carbons (Fsp3) is 0.0667. The SMILES string of the molecule is CNc1ccc(Nc2cccc(-n3cccn3)c2)cn1. The largest absolute Gasteiger partial charge is 0.373 e. The van der Waals surface area contributed by atoms with E-state index >= 15 is 0 Å². The first-order valence-electron chi connectivity index (χ1n) is 6.36. The summed E-state index contributed by atoms with van der Waals surface area (Å²) in [5.74, 6) is 0.848. The van der Waals surface area contributed by atoms with E-state index in [0.29, 0.717) is 0 Å². The standard InChI is InChI=1S/C15H15N5/c1-16-15-7-6-13(11-17-15)19-12-4-2-5-14(10-12)20-9-3-8-18-20/h2-11,19H,1H3,(H,16,17). The van der Waals surface area contributed by atoms with Crippen molar-refractivity contribution < 1.29 is 0 Å². The summed E-state index contributed by atoms with van der Waals surface area (Å²) in [6.07, 6.45) is 5.48. The van der Waals surface area contributed by atoms with Gasteiger partial charge in [0.25, 0.3) is 0 Å². The van der Waals surface area contributed by atoms with Gasteiger partial charge in [-0.3, -0.25) is 0 Å². The van der Waals surface area contributed by atoms with Gasteiger partial charge in [-0.25, -0.2) is 9.67 Å². The van der Waals surface area contributed by atoms with Gasteiger partial charge in [0.1, 0.15) is 5.82 Å². The van der Waals surface area contributed by atoms with E-state index in [1.165, 1.54) is 0 Å². The highest BCUT2D eigenvalue weighted by atomic mass is 15.3. The summed E-state index contributed by atoms with van der Waals surface area (Å²) in [5.41, 5.74) is 2.96. The molecule has 0 saturated heterocycles. The van der Waals surface area contributed by atoms with Crippen LogP contribution in [-0.2, 0) is 0 Å². The number of aromatic nitrogens is 3. The Morgan fingerprint density at radius 2 is 2.00 bits per heavy atom. The summed E-state index contributed by atoms with van der Waals surface area (Å²) in [6.45, 7) is 0. The lowest BCUT2D eigenvalue weighted by Gasteiger charge is -2.09. The maximum Gasteiger partial charge on any atom is 0.125 e. The van der Waals surface area contributed by atoms with E-state index in [-0.39, 0.29) is 0 Å². The van der Waals surface area contributed by atoms with Crippen molar-refractivity contribution >= 4 is 17.2 Å². The van der Waals surface area contributed by atoms with Crippen LogP contribution in [0.4, 0.5) is 17.2 Å². The number of anilines is 3. The first kappa shape index (κ1) is 12.2. The molecule has 0 aliphatic carbocycles. The summed E-state index contributed by atoms with van der Waals surface area (Å²) in [4.78, 5) is 4.27. The minimum Gasteiger partial charge on any atom is -0.373 e. The van der Waals surface area contributed by atoms with E-state index in [1.807, 2.05) is 60.4 Å². The minimum atomic E-state index is 0.848. The van der Waals surface area contributed by atoms with Crippen molar-refractivity contribution in [2.45, 2.75) is 0 Å². The van der Waals surface area contributed by atoms with Crippen LogP contribution in [0.5, 0.6) is 0 Å². The zero-order valence-electron chi connectivity index (χ0n) is 11.1. The summed E-state index contributed by atoms with van der Waals surface area (Å²) in [7, 11) is 1.85. The molecule has 2 heterocycles. The molecule has 2 N–H and O–H groups in total. The molecule has 0 saturated carbocycles. The topological polar surface area (TPSA) is 54.8 Å². The lowest BCUT2D eigenvalue weighted by atomic mass is 10.2. The Bertz CT molecular complexity index is 674. The second-order valence-electron chi connectivity index (χ2n) is 4.31. The van der Waals surface area contributed by atoms with E-state index in [1.54, 1.807) is 12.4 Å². The second-order valence-corrected chi connectivity index (χ2v) is 4.31. The molecule has 2 aromatic heterocycles. The first-order chi connectivity index (χ1) is 9.85. The van der Waals surface area contributed by atoms with E-state index in [0.717, 1.165) is 22.9 Å². The third-order valence-corrected chi connectivity index (χ3v) is 2.92. The van der Waals surface area contributed by atoms with Crippen molar-refractivity contribution in [2.75, 3.05) is 17.7 Å².